The molecule has 0 unspecified atom stereocenters. The van der Waals surface area contributed by atoms with Crippen molar-refractivity contribution in [1.82, 2.24) is 10.2 Å². The third-order valence-corrected chi connectivity index (χ3v) is 3.65. The Hall–Kier alpha value is -1.43. The zero-order chi connectivity index (χ0) is 15.7. The maximum Gasteiger partial charge on any atom is 0.269 e. The van der Waals surface area contributed by atoms with Gasteiger partial charge in [-0.1, -0.05) is 48.7 Å². The molecule has 0 bridgehead atoms. The van der Waals surface area contributed by atoms with Gasteiger partial charge in [-0.05, 0) is 18.1 Å². The van der Waals surface area contributed by atoms with Crippen LogP contribution in [-0.4, -0.2) is 10.2 Å². The average molecular weight is 349 g/mol. The highest BCUT2D eigenvalue weighted by Gasteiger charge is 2.19. The molecule has 1 heterocycles. The Labute approximate surface area is 136 Å². The van der Waals surface area contributed by atoms with E-state index in [0.29, 0.717) is 11.3 Å². The Kier molecular flexibility index (Phi) is 4.66. The number of aromatic amines is 1. The van der Waals surface area contributed by atoms with Crippen LogP contribution in [0.3, 0.4) is 0 Å². The first-order chi connectivity index (χ1) is 9.81. The molecular formula is C13H12Cl3N3O2. The van der Waals surface area contributed by atoms with Gasteiger partial charge in [0.15, 0.2) is 5.75 Å². The van der Waals surface area contributed by atoms with E-state index in [1.165, 1.54) is 12.1 Å². The van der Waals surface area contributed by atoms with Crippen LogP contribution in [0.25, 0.3) is 0 Å². The number of rotatable bonds is 3. The van der Waals surface area contributed by atoms with Crippen LogP contribution in [0.15, 0.2) is 16.9 Å². The smallest absolute Gasteiger partial charge is 0.269 e. The van der Waals surface area contributed by atoms with Crippen molar-refractivity contribution >= 4 is 40.5 Å². The molecule has 2 aromatic rings. The molecule has 0 radical (unpaired) electrons. The molecule has 0 aliphatic rings. The first-order valence-corrected chi connectivity index (χ1v) is 7.15. The van der Waals surface area contributed by atoms with Crippen molar-refractivity contribution in [1.29, 1.82) is 0 Å². The monoisotopic (exact) mass is 347 g/mol. The van der Waals surface area contributed by atoms with Gasteiger partial charge in [0, 0.05) is 11.3 Å². The fraction of sp³-hybridized carbons (Fsp3) is 0.231. The first kappa shape index (κ1) is 15.9. The van der Waals surface area contributed by atoms with Gasteiger partial charge in [-0.2, -0.15) is 0 Å². The summed E-state index contributed by atoms with van der Waals surface area (Å²) in [5.41, 5.74) is 6.04. The molecule has 0 aliphatic heterocycles. The minimum atomic E-state index is -0.364. The highest BCUT2D eigenvalue weighted by atomic mass is 35.5. The van der Waals surface area contributed by atoms with Crippen LogP contribution in [0.4, 0.5) is 5.69 Å². The fourth-order valence-corrected chi connectivity index (χ4v) is 2.75. The van der Waals surface area contributed by atoms with E-state index < -0.39 is 0 Å². The highest BCUT2D eigenvalue weighted by Crippen LogP contribution is 2.39. The van der Waals surface area contributed by atoms with Crippen LogP contribution in [0.1, 0.15) is 25.3 Å². The van der Waals surface area contributed by atoms with Crippen LogP contribution < -0.4 is 16.0 Å². The Bertz CT molecular complexity index is 721. The summed E-state index contributed by atoms with van der Waals surface area (Å²) < 4.78 is 5.54. The lowest BCUT2D eigenvalue weighted by Crippen LogP contribution is -2.16. The molecular weight excluding hydrogens is 337 g/mol. The zero-order valence-electron chi connectivity index (χ0n) is 11.2. The molecule has 0 atom stereocenters. The molecule has 0 amide bonds. The van der Waals surface area contributed by atoms with Gasteiger partial charge in [0.1, 0.15) is 5.02 Å². The molecule has 0 aliphatic carbocycles. The molecule has 0 fully saturated rings. The lowest BCUT2D eigenvalue weighted by Gasteiger charge is -2.13. The number of nitrogens with zero attached hydrogens (tertiary/aromatic N) is 1. The van der Waals surface area contributed by atoms with Gasteiger partial charge in [-0.3, -0.25) is 4.79 Å². The van der Waals surface area contributed by atoms with Crippen LogP contribution in [0.2, 0.25) is 15.1 Å². The van der Waals surface area contributed by atoms with Crippen LogP contribution in [0, 0.1) is 0 Å². The van der Waals surface area contributed by atoms with E-state index in [4.69, 9.17) is 45.3 Å². The van der Waals surface area contributed by atoms with Gasteiger partial charge >= 0.3 is 0 Å². The SMILES string of the molecule is CC(C)c1c(Cl)c(Oc2c(Cl)cc(N)cc2Cl)n[nH]c1=O. The maximum atomic E-state index is 11.7. The van der Waals surface area contributed by atoms with Crippen molar-refractivity contribution in [2.45, 2.75) is 19.8 Å². The van der Waals surface area contributed by atoms with Crippen molar-refractivity contribution in [3.05, 3.63) is 43.1 Å². The summed E-state index contributed by atoms with van der Waals surface area (Å²) in [6.07, 6.45) is 0. The Balaban J connectivity index is 2.51. The molecule has 0 saturated heterocycles. The van der Waals surface area contributed by atoms with Crippen molar-refractivity contribution in [3.63, 3.8) is 0 Å². The molecule has 3 N–H and O–H groups in total. The quantitative estimate of drug-likeness (QED) is 0.813. The van der Waals surface area contributed by atoms with Gasteiger partial charge in [0.25, 0.3) is 11.4 Å². The van der Waals surface area contributed by atoms with Crippen LogP contribution >= 0.6 is 34.8 Å². The molecule has 21 heavy (non-hydrogen) atoms. The molecule has 1 aromatic heterocycles. The molecule has 0 saturated carbocycles. The summed E-state index contributed by atoms with van der Waals surface area (Å²) in [5, 5.41) is 6.67. The van der Waals surface area contributed by atoms with Crippen molar-refractivity contribution in [2.24, 2.45) is 0 Å². The topological polar surface area (TPSA) is 81.0 Å². The van der Waals surface area contributed by atoms with E-state index in [2.05, 4.69) is 10.2 Å². The number of nitrogens with one attached hydrogen (secondary N) is 1. The largest absolute Gasteiger partial charge is 0.433 e. The number of halogens is 3. The number of ether oxygens (including phenoxy) is 1. The Morgan fingerprint density at radius 3 is 2.33 bits per heavy atom. The van der Waals surface area contributed by atoms with Crippen molar-refractivity contribution < 1.29 is 4.74 Å². The molecule has 8 heteroatoms. The maximum absolute atomic E-state index is 11.7. The predicted octanol–water partition coefficient (Wildman–Crippen LogP) is 4.23. The highest BCUT2D eigenvalue weighted by molar-refractivity contribution is 6.37. The Morgan fingerprint density at radius 1 is 1.24 bits per heavy atom. The molecule has 5 nitrogen and oxygen atoms in total. The third kappa shape index (κ3) is 3.26. The molecule has 112 valence electrons. The van der Waals surface area contributed by atoms with Gasteiger partial charge < -0.3 is 10.5 Å². The summed E-state index contributed by atoms with van der Waals surface area (Å²) in [7, 11) is 0. The lowest BCUT2D eigenvalue weighted by atomic mass is 10.1. The van der Waals surface area contributed by atoms with Crippen molar-refractivity contribution in [3.8, 4) is 11.6 Å². The number of hydrogen-bond acceptors (Lipinski definition) is 4. The zero-order valence-corrected chi connectivity index (χ0v) is 13.5. The summed E-state index contributed by atoms with van der Waals surface area (Å²) in [6.45, 7) is 3.67. The standard InChI is InChI=1S/C13H12Cl3N3O2/c1-5(2)9-10(16)13(19-18-12(9)20)21-11-7(14)3-6(17)4-8(11)15/h3-5H,17H2,1-2H3,(H,18,20). The second-order valence-corrected chi connectivity index (χ2v) is 5.85. The molecule has 0 spiro atoms. The lowest BCUT2D eigenvalue weighted by molar-refractivity contribution is 0.453. The van der Waals surface area contributed by atoms with E-state index in [1.54, 1.807) is 0 Å². The minimum Gasteiger partial charge on any atom is -0.433 e. The average Bonchev–Trinajstić information content (AvgIpc) is 2.35. The molecule has 2 rings (SSSR count). The predicted molar refractivity (Wildman–Crippen MR) is 84.9 cm³/mol. The number of aromatic nitrogens is 2. The number of nitrogens with two attached hydrogens (primary N) is 1. The number of anilines is 1. The van der Waals surface area contributed by atoms with Crippen LogP contribution in [0.5, 0.6) is 11.6 Å². The second-order valence-electron chi connectivity index (χ2n) is 4.66. The number of benzene rings is 1. The fourth-order valence-electron chi connectivity index (χ4n) is 1.78. The van der Waals surface area contributed by atoms with Gasteiger partial charge in [0.2, 0.25) is 0 Å². The van der Waals surface area contributed by atoms with Crippen LogP contribution in [-0.2, 0) is 0 Å². The summed E-state index contributed by atoms with van der Waals surface area (Å²) in [4.78, 5) is 11.7. The van der Waals surface area contributed by atoms with E-state index in [0.717, 1.165) is 0 Å². The first-order valence-electron chi connectivity index (χ1n) is 6.01. The summed E-state index contributed by atoms with van der Waals surface area (Å²) >= 11 is 18.3. The van der Waals surface area contributed by atoms with E-state index >= 15 is 0 Å². The minimum absolute atomic E-state index is 0.0218. The van der Waals surface area contributed by atoms with Gasteiger partial charge in [0.05, 0.1) is 10.0 Å². The third-order valence-electron chi connectivity index (χ3n) is 2.72. The molecule has 1 aromatic carbocycles. The number of nitrogen functional groups attached to an aromatic ring is 1. The van der Waals surface area contributed by atoms with Gasteiger partial charge in [-0.15, -0.1) is 5.10 Å². The van der Waals surface area contributed by atoms with E-state index in [-0.39, 0.29) is 38.2 Å². The van der Waals surface area contributed by atoms with Gasteiger partial charge in [-0.25, -0.2) is 5.10 Å². The Morgan fingerprint density at radius 2 is 1.81 bits per heavy atom. The normalized spacial score (nSPS) is 11.0. The summed E-state index contributed by atoms with van der Waals surface area (Å²) in [5.74, 6) is 0.0983. The van der Waals surface area contributed by atoms with E-state index in [9.17, 15) is 4.79 Å². The number of hydrogen-bond donors (Lipinski definition) is 2. The summed E-state index contributed by atoms with van der Waals surface area (Å²) in [6, 6.07) is 2.98. The second kappa shape index (κ2) is 6.13. The van der Waals surface area contributed by atoms with E-state index in [1.807, 2.05) is 13.8 Å². The number of H-pyrrole nitrogens is 1. The van der Waals surface area contributed by atoms with Crippen molar-refractivity contribution in [2.75, 3.05) is 5.73 Å².